The molecule has 0 heterocycles. The lowest BCUT2D eigenvalue weighted by atomic mass is 10.1. The van der Waals surface area contributed by atoms with Crippen molar-refractivity contribution in [1.82, 2.24) is 15.4 Å². The summed E-state index contributed by atoms with van der Waals surface area (Å²) < 4.78 is 45.6. The van der Waals surface area contributed by atoms with E-state index in [4.69, 9.17) is 4.74 Å². The van der Waals surface area contributed by atoms with Gasteiger partial charge in [-0.25, -0.2) is 17.5 Å². The average Bonchev–Trinajstić information content (AvgIpc) is 2.71. The third kappa shape index (κ3) is 7.12. The second-order valence-corrected chi connectivity index (χ2v) is 8.17. The molecule has 0 aliphatic rings. The van der Waals surface area contributed by atoms with Crippen LogP contribution in [0.3, 0.4) is 0 Å². The van der Waals surface area contributed by atoms with Crippen LogP contribution in [0.4, 0.5) is 4.39 Å². The number of rotatable bonds is 9. The Labute approximate surface area is 171 Å². The first-order valence-electron chi connectivity index (χ1n) is 9.13. The van der Waals surface area contributed by atoms with Gasteiger partial charge in [0.05, 0.1) is 11.5 Å². The highest BCUT2D eigenvalue weighted by atomic mass is 32.2. The molecule has 0 atom stereocenters. The van der Waals surface area contributed by atoms with Gasteiger partial charge in [0.15, 0.2) is 5.96 Å². The smallest absolute Gasteiger partial charge is 0.240 e. The molecule has 0 saturated carbocycles. The van der Waals surface area contributed by atoms with E-state index in [2.05, 4.69) is 20.3 Å². The number of hydrogen-bond acceptors (Lipinski definition) is 4. The van der Waals surface area contributed by atoms with Gasteiger partial charge in [0.25, 0.3) is 0 Å². The van der Waals surface area contributed by atoms with Crippen LogP contribution >= 0.6 is 0 Å². The predicted molar refractivity (Wildman–Crippen MR) is 112 cm³/mol. The molecule has 2 aromatic carbocycles. The molecule has 0 radical (unpaired) electrons. The zero-order valence-electron chi connectivity index (χ0n) is 16.8. The molecule has 0 bridgehead atoms. The highest BCUT2D eigenvalue weighted by Gasteiger charge is 2.13. The third-order valence-electron chi connectivity index (χ3n) is 4.19. The van der Waals surface area contributed by atoms with E-state index >= 15 is 0 Å². The molecule has 29 heavy (non-hydrogen) atoms. The van der Waals surface area contributed by atoms with Gasteiger partial charge in [-0.05, 0) is 41.8 Å². The molecule has 0 spiro atoms. The molecule has 0 aliphatic carbocycles. The van der Waals surface area contributed by atoms with Crippen molar-refractivity contribution in [1.29, 1.82) is 0 Å². The maximum absolute atomic E-state index is 13.7. The summed E-state index contributed by atoms with van der Waals surface area (Å²) in [6, 6.07) is 11.7. The summed E-state index contributed by atoms with van der Waals surface area (Å²) in [5.41, 5.74) is 2.18. The molecule has 158 valence electrons. The van der Waals surface area contributed by atoms with Crippen molar-refractivity contribution in [3.05, 3.63) is 65.0 Å². The molecule has 0 aromatic heterocycles. The molecule has 0 fully saturated rings. The van der Waals surface area contributed by atoms with Gasteiger partial charge in [-0.3, -0.25) is 4.99 Å². The summed E-state index contributed by atoms with van der Waals surface area (Å²) in [6.07, 6.45) is 0. The van der Waals surface area contributed by atoms with Crippen LogP contribution in [0, 0.1) is 12.7 Å². The topological polar surface area (TPSA) is 91.8 Å². The first kappa shape index (κ1) is 22.8. The fraction of sp³-hybridized carbons (Fsp3) is 0.350. The van der Waals surface area contributed by atoms with Crippen LogP contribution in [0.25, 0.3) is 0 Å². The van der Waals surface area contributed by atoms with E-state index < -0.39 is 10.0 Å². The van der Waals surface area contributed by atoms with Gasteiger partial charge in [-0.1, -0.05) is 24.3 Å². The molecular formula is C20H27FN4O3S. The van der Waals surface area contributed by atoms with Gasteiger partial charge in [0, 0.05) is 33.8 Å². The quantitative estimate of drug-likeness (QED) is 0.326. The van der Waals surface area contributed by atoms with Gasteiger partial charge < -0.3 is 15.4 Å². The Kier molecular flexibility index (Phi) is 8.56. The number of nitrogens with zero attached hydrogens (tertiary/aromatic N) is 1. The van der Waals surface area contributed by atoms with E-state index in [-0.39, 0.29) is 17.3 Å². The molecule has 2 rings (SSSR count). The Morgan fingerprint density at radius 1 is 1.10 bits per heavy atom. The Bertz CT molecular complexity index is 948. The zero-order valence-corrected chi connectivity index (χ0v) is 17.6. The Hall–Kier alpha value is -2.49. The van der Waals surface area contributed by atoms with Crippen molar-refractivity contribution < 1.29 is 17.5 Å². The van der Waals surface area contributed by atoms with E-state index in [0.29, 0.717) is 31.2 Å². The molecule has 0 saturated heterocycles. The molecule has 9 heteroatoms. The summed E-state index contributed by atoms with van der Waals surface area (Å²) in [5.74, 6) is 0.279. The Balaban J connectivity index is 1.94. The van der Waals surface area contributed by atoms with E-state index in [1.807, 2.05) is 12.1 Å². The van der Waals surface area contributed by atoms with Gasteiger partial charge in [-0.2, -0.15) is 0 Å². The number of benzene rings is 2. The van der Waals surface area contributed by atoms with Crippen LogP contribution in [0.2, 0.25) is 0 Å². The van der Waals surface area contributed by atoms with Crippen molar-refractivity contribution >= 4 is 16.0 Å². The van der Waals surface area contributed by atoms with Gasteiger partial charge in [-0.15, -0.1) is 0 Å². The predicted octanol–water partition coefficient (Wildman–Crippen LogP) is 1.92. The second-order valence-electron chi connectivity index (χ2n) is 6.40. The van der Waals surface area contributed by atoms with Crippen LogP contribution in [-0.4, -0.2) is 41.7 Å². The molecular weight excluding hydrogens is 395 g/mol. The van der Waals surface area contributed by atoms with Crippen LogP contribution in [-0.2, 0) is 27.8 Å². The lowest BCUT2D eigenvalue weighted by Gasteiger charge is -2.13. The summed E-state index contributed by atoms with van der Waals surface area (Å²) in [5, 5.41) is 6.23. The van der Waals surface area contributed by atoms with E-state index in [9.17, 15) is 12.8 Å². The normalized spacial score (nSPS) is 12.1. The van der Waals surface area contributed by atoms with Crippen molar-refractivity contribution in [2.45, 2.75) is 24.9 Å². The minimum atomic E-state index is -3.59. The van der Waals surface area contributed by atoms with Crippen LogP contribution in [0.1, 0.15) is 16.7 Å². The first-order valence-corrected chi connectivity index (χ1v) is 10.6. The number of guanidine groups is 1. The highest BCUT2D eigenvalue weighted by molar-refractivity contribution is 7.89. The SMILES string of the molecule is CN=C(NCc1cccc(S(=O)(=O)NCCOC)c1)NCc1ccc(C)c(F)c1. The maximum atomic E-state index is 13.7. The van der Waals surface area contributed by atoms with Crippen molar-refractivity contribution in [2.75, 3.05) is 27.3 Å². The monoisotopic (exact) mass is 422 g/mol. The minimum Gasteiger partial charge on any atom is -0.383 e. The molecule has 0 unspecified atom stereocenters. The minimum absolute atomic E-state index is 0.186. The van der Waals surface area contributed by atoms with Crippen molar-refractivity contribution in [2.24, 2.45) is 4.99 Å². The second kappa shape index (κ2) is 10.9. The summed E-state index contributed by atoms with van der Waals surface area (Å²) in [6.45, 7) is 3.01. The maximum Gasteiger partial charge on any atom is 0.240 e. The summed E-state index contributed by atoms with van der Waals surface area (Å²) in [7, 11) is -0.451. The first-order chi connectivity index (χ1) is 13.9. The third-order valence-corrected chi connectivity index (χ3v) is 5.65. The zero-order chi connectivity index (χ0) is 21.3. The number of ether oxygens (including phenoxy) is 1. The number of sulfonamides is 1. The van der Waals surface area contributed by atoms with Gasteiger partial charge in [0.1, 0.15) is 5.82 Å². The lowest BCUT2D eigenvalue weighted by molar-refractivity contribution is 0.204. The van der Waals surface area contributed by atoms with Gasteiger partial charge >= 0.3 is 0 Å². The fourth-order valence-corrected chi connectivity index (χ4v) is 3.61. The van der Waals surface area contributed by atoms with Crippen molar-refractivity contribution in [3.8, 4) is 0 Å². The summed E-state index contributed by atoms with van der Waals surface area (Å²) in [4.78, 5) is 4.32. The van der Waals surface area contributed by atoms with E-state index in [0.717, 1.165) is 11.1 Å². The molecule has 3 N–H and O–H groups in total. The van der Waals surface area contributed by atoms with Crippen molar-refractivity contribution in [3.63, 3.8) is 0 Å². The van der Waals surface area contributed by atoms with Crippen LogP contribution in [0.5, 0.6) is 0 Å². The number of methoxy groups -OCH3 is 1. The number of aliphatic imine (C=N–C) groups is 1. The van der Waals surface area contributed by atoms with Crippen LogP contribution < -0.4 is 15.4 Å². The largest absolute Gasteiger partial charge is 0.383 e. The van der Waals surface area contributed by atoms with Crippen LogP contribution in [0.15, 0.2) is 52.4 Å². The number of aryl methyl sites for hydroxylation is 1. The number of halogens is 1. The standard InChI is InChI=1S/C20H27FN4O3S/c1-15-7-8-17(12-19(15)21)14-24-20(22-2)23-13-16-5-4-6-18(11-16)29(26,27)25-9-10-28-3/h4-8,11-12,25H,9-10,13-14H2,1-3H3,(H2,22,23,24). The van der Waals surface area contributed by atoms with Gasteiger partial charge in [0.2, 0.25) is 10.0 Å². The molecule has 0 aliphatic heterocycles. The lowest BCUT2D eigenvalue weighted by Crippen LogP contribution is -2.36. The van der Waals surface area contributed by atoms with E-state index in [1.54, 1.807) is 32.2 Å². The Morgan fingerprint density at radius 3 is 2.41 bits per heavy atom. The molecule has 7 nitrogen and oxygen atoms in total. The summed E-state index contributed by atoms with van der Waals surface area (Å²) >= 11 is 0. The molecule has 2 aromatic rings. The average molecular weight is 423 g/mol. The number of nitrogens with one attached hydrogen (secondary N) is 3. The Morgan fingerprint density at radius 2 is 1.79 bits per heavy atom. The number of hydrogen-bond donors (Lipinski definition) is 3. The highest BCUT2D eigenvalue weighted by Crippen LogP contribution is 2.12. The molecule has 0 amide bonds. The van der Waals surface area contributed by atoms with E-state index in [1.165, 1.54) is 19.2 Å². The fourth-order valence-electron chi connectivity index (χ4n) is 2.52.